The molecule has 2 heterocycles. The van der Waals surface area contributed by atoms with Crippen LogP contribution < -0.4 is 16.0 Å². The van der Waals surface area contributed by atoms with Crippen LogP contribution in [0.1, 0.15) is 61.1 Å². The van der Waals surface area contributed by atoms with E-state index >= 15 is 0 Å². The molecule has 1 aromatic heterocycles. The van der Waals surface area contributed by atoms with Gasteiger partial charge in [-0.15, -0.1) is 0 Å². The van der Waals surface area contributed by atoms with Gasteiger partial charge >= 0.3 is 6.03 Å². The second kappa shape index (κ2) is 11.7. The van der Waals surface area contributed by atoms with Crippen molar-refractivity contribution >= 4 is 17.8 Å². The van der Waals surface area contributed by atoms with E-state index in [4.69, 9.17) is 4.42 Å². The van der Waals surface area contributed by atoms with Crippen molar-refractivity contribution in [2.45, 2.75) is 69.5 Å². The number of likely N-dealkylation sites (tertiary alicyclic amines) is 1. The van der Waals surface area contributed by atoms with E-state index in [1.807, 2.05) is 30.3 Å². The Morgan fingerprint density at radius 1 is 0.882 bits per heavy atom. The number of hydrogen-bond acceptors (Lipinski definition) is 4. The minimum absolute atomic E-state index is 0.0397. The molecule has 1 aliphatic heterocycles. The molecular formula is C26H34N4O4. The molecule has 4 amide bonds. The Bertz CT molecular complexity index is 933. The number of rotatable bonds is 7. The average Bonchev–Trinajstić information content (AvgIpc) is 3.40. The Hall–Kier alpha value is -3.29. The SMILES string of the molecule is O=C(NC1CCCCC1)NC1CCN(C(=O)C(Cc2ccccc2)NC(=O)c2ccco2)CC1. The summed E-state index contributed by atoms with van der Waals surface area (Å²) in [6.45, 7) is 1.07. The van der Waals surface area contributed by atoms with Crippen molar-refractivity contribution in [3.05, 3.63) is 60.1 Å². The summed E-state index contributed by atoms with van der Waals surface area (Å²) in [6.07, 6.45) is 8.90. The van der Waals surface area contributed by atoms with E-state index in [2.05, 4.69) is 16.0 Å². The molecule has 0 bridgehead atoms. The number of nitrogens with zero attached hydrogens (tertiary/aromatic N) is 1. The van der Waals surface area contributed by atoms with E-state index in [1.54, 1.807) is 17.0 Å². The van der Waals surface area contributed by atoms with Gasteiger partial charge in [0, 0.05) is 31.6 Å². The zero-order valence-corrected chi connectivity index (χ0v) is 19.5. The number of benzene rings is 1. The van der Waals surface area contributed by atoms with Crippen LogP contribution in [-0.2, 0) is 11.2 Å². The number of carbonyl (C=O) groups excluding carboxylic acids is 3. The number of furan rings is 1. The predicted octanol–water partition coefficient (Wildman–Crippen LogP) is 3.24. The molecule has 8 heteroatoms. The van der Waals surface area contributed by atoms with Gasteiger partial charge in [-0.25, -0.2) is 4.79 Å². The predicted molar refractivity (Wildman–Crippen MR) is 128 cm³/mol. The van der Waals surface area contributed by atoms with Gasteiger partial charge in [0.15, 0.2) is 5.76 Å². The van der Waals surface area contributed by atoms with Crippen LogP contribution in [0.3, 0.4) is 0 Å². The molecule has 1 atom stereocenters. The molecule has 34 heavy (non-hydrogen) atoms. The Morgan fingerprint density at radius 3 is 2.21 bits per heavy atom. The molecule has 2 aromatic rings. The van der Waals surface area contributed by atoms with Gasteiger partial charge in [0.1, 0.15) is 6.04 Å². The Kier molecular flexibility index (Phi) is 8.22. The largest absolute Gasteiger partial charge is 0.459 e. The van der Waals surface area contributed by atoms with E-state index in [1.165, 1.54) is 25.5 Å². The summed E-state index contributed by atoms with van der Waals surface area (Å²) in [5, 5.41) is 9.02. The molecule has 1 aromatic carbocycles. The minimum Gasteiger partial charge on any atom is -0.459 e. The molecule has 2 aliphatic rings. The van der Waals surface area contributed by atoms with Gasteiger partial charge in [0.05, 0.1) is 6.26 Å². The standard InChI is InChI=1S/C26H34N4O4/c31-24(23-12-7-17-34-23)29-22(18-19-8-3-1-4-9-19)25(32)30-15-13-21(14-16-30)28-26(33)27-20-10-5-2-6-11-20/h1,3-4,7-9,12,17,20-22H,2,5-6,10-11,13-16,18H2,(H,29,31)(H2,27,28,33). The second-order valence-corrected chi connectivity index (χ2v) is 9.25. The lowest BCUT2D eigenvalue weighted by molar-refractivity contribution is -0.134. The highest BCUT2D eigenvalue weighted by Crippen LogP contribution is 2.18. The van der Waals surface area contributed by atoms with Crippen LogP contribution in [0, 0.1) is 0 Å². The fourth-order valence-electron chi connectivity index (χ4n) is 4.81. The summed E-state index contributed by atoms with van der Waals surface area (Å²) in [6, 6.07) is 12.4. The van der Waals surface area contributed by atoms with Crippen molar-refractivity contribution < 1.29 is 18.8 Å². The molecule has 2 fully saturated rings. The first-order valence-corrected chi connectivity index (χ1v) is 12.3. The smallest absolute Gasteiger partial charge is 0.315 e. The highest BCUT2D eigenvalue weighted by atomic mass is 16.3. The van der Waals surface area contributed by atoms with Crippen LogP contribution in [0.4, 0.5) is 4.79 Å². The number of urea groups is 1. The highest BCUT2D eigenvalue weighted by molar-refractivity contribution is 5.95. The van der Waals surface area contributed by atoms with Gasteiger partial charge in [0.2, 0.25) is 5.91 Å². The normalized spacial score (nSPS) is 18.2. The summed E-state index contributed by atoms with van der Waals surface area (Å²) in [7, 11) is 0. The number of piperidine rings is 1. The molecule has 1 aliphatic carbocycles. The van der Waals surface area contributed by atoms with Crippen molar-refractivity contribution in [3.63, 3.8) is 0 Å². The Balaban J connectivity index is 1.31. The van der Waals surface area contributed by atoms with Gasteiger partial charge in [-0.05, 0) is 43.4 Å². The Labute approximate surface area is 200 Å². The maximum Gasteiger partial charge on any atom is 0.315 e. The number of amides is 4. The van der Waals surface area contributed by atoms with Crippen LogP contribution in [0.15, 0.2) is 53.1 Å². The molecule has 182 valence electrons. The van der Waals surface area contributed by atoms with Crippen LogP contribution in [0.25, 0.3) is 0 Å². The number of nitrogens with one attached hydrogen (secondary N) is 3. The summed E-state index contributed by atoms with van der Waals surface area (Å²) < 4.78 is 5.19. The molecule has 4 rings (SSSR count). The van der Waals surface area contributed by atoms with E-state index in [9.17, 15) is 14.4 Å². The van der Waals surface area contributed by atoms with E-state index in [0.717, 1.165) is 18.4 Å². The van der Waals surface area contributed by atoms with Crippen molar-refractivity contribution in [1.29, 1.82) is 0 Å². The highest BCUT2D eigenvalue weighted by Gasteiger charge is 2.31. The lowest BCUT2D eigenvalue weighted by Gasteiger charge is -2.35. The van der Waals surface area contributed by atoms with Gasteiger partial charge in [-0.2, -0.15) is 0 Å². The monoisotopic (exact) mass is 466 g/mol. The van der Waals surface area contributed by atoms with Gasteiger partial charge in [-0.1, -0.05) is 49.6 Å². The molecule has 1 saturated heterocycles. The second-order valence-electron chi connectivity index (χ2n) is 9.25. The third kappa shape index (κ3) is 6.62. The number of hydrogen-bond donors (Lipinski definition) is 3. The van der Waals surface area contributed by atoms with Crippen molar-refractivity contribution in [2.24, 2.45) is 0 Å². The molecule has 8 nitrogen and oxygen atoms in total. The van der Waals surface area contributed by atoms with E-state index in [0.29, 0.717) is 32.4 Å². The maximum absolute atomic E-state index is 13.4. The van der Waals surface area contributed by atoms with Gasteiger partial charge in [-0.3, -0.25) is 9.59 Å². The van der Waals surface area contributed by atoms with Crippen LogP contribution in [0.5, 0.6) is 0 Å². The lowest BCUT2D eigenvalue weighted by Crippen LogP contribution is -2.55. The Morgan fingerprint density at radius 2 is 1.56 bits per heavy atom. The summed E-state index contributed by atoms with van der Waals surface area (Å²) in [5.74, 6) is -0.346. The fourth-order valence-corrected chi connectivity index (χ4v) is 4.81. The summed E-state index contributed by atoms with van der Waals surface area (Å²) in [5.41, 5.74) is 0.969. The molecule has 1 saturated carbocycles. The lowest BCUT2D eigenvalue weighted by atomic mass is 9.96. The maximum atomic E-state index is 13.4. The molecular weight excluding hydrogens is 432 g/mol. The topological polar surface area (TPSA) is 104 Å². The third-order valence-electron chi connectivity index (χ3n) is 6.71. The quantitative estimate of drug-likeness (QED) is 0.583. The zero-order chi connectivity index (χ0) is 23.8. The summed E-state index contributed by atoms with van der Waals surface area (Å²) in [4.78, 5) is 40.1. The third-order valence-corrected chi connectivity index (χ3v) is 6.71. The van der Waals surface area contributed by atoms with Crippen LogP contribution in [-0.4, -0.2) is 54.0 Å². The van der Waals surface area contributed by atoms with Crippen molar-refractivity contribution in [2.75, 3.05) is 13.1 Å². The zero-order valence-electron chi connectivity index (χ0n) is 19.5. The molecule has 3 N–H and O–H groups in total. The molecule has 0 radical (unpaired) electrons. The number of carbonyl (C=O) groups is 3. The molecule has 1 unspecified atom stereocenters. The van der Waals surface area contributed by atoms with Gasteiger partial charge in [0.25, 0.3) is 5.91 Å². The fraction of sp³-hybridized carbons (Fsp3) is 0.500. The first-order chi connectivity index (χ1) is 16.6. The van der Waals surface area contributed by atoms with Crippen molar-refractivity contribution in [1.82, 2.24) is 20.9 Å². The van der Waals surface area contributed by atoms with Crippen molar-refractivity contribution in [3.8, 4) is 0 Å². The van der Waals surface area contributed by atoms with E-state index in [-0.39, 0.29) is 29.8 Å². The minimum atomic E-state index is -0.695. The first-order valence-electron chi connectivity index (χ1n) is 12.3. The van der Waals surface area contributed by atoms with E-state index < -0.39 is 11.9 Å². The van der Waals surface area contributed by atoms with Crippen LogP contribution in [0.2, 0.25) is 0 Å². The van der Waals surface area contributed by atoms with Gasteiger partial charge < -0.3 is 25.3 Å². The summed E-state index contributed by atoms with van der Waals surface area (Å²) >= 11 is 0. The average molecular weight is 467 g/mol. The first kappa shape index (κ1) is 23.9. The molecule has 0 spiro atoms. The van der Waals surface area contributed by atoms with Crippen LogP contribution >= 0.6 is 0 Å².